The molecule has 188 valence electrons. The van der Waals surface area contributed by atoms with Crippen LogP contribution in [-0.2, 0) is 11.8 Å². The molecule has 1 atom stereocenters. The van der Waals surface area contributed by atoms with Crippen LogP contribution in [0.4, 0.5) is 13.2 Å². The summed E-state index contributed by atoms with van der Waals surface area (Å²) in [6.45, 7) is 0. The average Bonchev–Trinajstić information content (AvgIpc) is 2.96. The number of benzene rings is 4. The molecule has 0 aliphatic heterocycles. The Balaban J connectivity index is 0.000000221. The molecule has 3 nitrogen and oxygen atoms in total. The van der Waals surface area contributed by atoms with E-state index < -0.39 is 11.6 Å². The van der Waals surface area contributed by atoms with Crippen LogP contribution in [0.3, 0.4) is 0 Å². The van der Waals surface area contributed by atoms with Crippen molar-refractivity contribution in [1.82, 2.24) is 15.2 Å². The zero-order valence-corrected chi connectivity index (χ0v) is 20.5. The highest BCUT2D eigenvalue weighted by Crippen LogP contribution is 2.53. The van der Waals surface area contributed by atoms with Crippen LogP contribution in [0.2, 0.25) is 0 Å². The van der Waals surface area contributed by atoms with Gasteiger partial charge in [0, 0.05) is 18.6 Å². The van der Waals surface area contributed by atoms with Crippen molar-refractivity contribution in [1.29, 1.82) is 0 Å². The normalized spacial score (nSPS) is 17.1. The van der Waals surface area contributed by atoms with Crippen molar-refractivity contribution in [3.8, 4) is 0 Å². The molecule has 0 saturated heterocycles. The highest BCUT2D eigenvalue weighted by molar-refractivity contribution is 6.08. The molecule has 0 spiro atoms. The van der Waals surface area contributed by atoms with E-state index in [1.807, 2.05) is 73.1 Å². The number of hydrogen-bond acceptors (Lipinski definition) is 3. The van der Waals surface area contributed by atoms with Gasteiger partial charge < -0.3 is 0 Å². The van der Waals surface area contributed by atoms with Crippen molar-refractivity contribution in [2.24, 2.45) is 0 Å². The fraction of sp³-hybridized carbons (Fsp3) is 0.156. The fourth-order valence-corrected chi connectivity index (χ4v) is 5.75. The molecule has 0 amide bonds. The maximum atomic E-state index is 14.5. The average molecular weight is 508 g/mol. The van der Waals surface area contributed by atoms with E-state index in [2.05, 4.69) is 27.3 Å². The van der Waals surface area contributed by atoms with Crippen molar-refractivity contribution in [3.05, 3.63) is 126 Å². The van der Waals surface area contributed by atoms with Crippen molar-refractivity contribution < 1.29 is 13.2 Å². The van der Waals surface area contributed by atoms with Gasteiger partial charge in [-0.15, -0.1) is 0 Å². The largest absolute Gasteiger partial charge is 0.403 e. The first-order valence-corrected chi connectivity index (χ1v) is 12.6. The number of pyridine rings is 1. The molecule has 2 aromatic heterocycles. The third-order valence-electron chi connectivity index (χ3n) is 7.52. The summed E-state index contributed by atoms with van der Waals surface area (Å²) in [6.07, 6.45) is 1.70. The van der Waals surface area contributed by atoms with Crippen LogP contribution in [0.5, 0.6) is 0 Å². The summed E-state index contributed by atoms with van der Waals surface area (Å²) in [5, 5.41) is 14.1. The molecule has 1 unspecified atom stereocenters. The number of aromatic nitrogens is 3. The van der Waals surface area contributed by atoms with E-state index >= 15 is 0 Å². The first kappa shape index (κ1) is 24.0. The number of halogens is 3. The van der Waals surface area contributed by atoms with E-state index in [4.69, 9.17) is 0 Å². The Hall–Kier alpha value is -4.32. The van der Waals surface area contributed by atoms with Crippen molar-refractivity contribution >= 4 is 32.3 Å². The standard InChI is InChI=1S/C23H17F3N2.C9H7N/c24-23(25,26)22(21-8-4-14-27-28-21)13-3-7-19-18-10-9-15-5-1-2-6-16(15)17(18)11-12-20(19)22;1-2-4-9-7-10-6-5-8(9)3-1/h1-2,4-6,8-12,14H,3,7,13H2;1-7H. The highest BCUT2D eigenvalue weighted by Gasteiger charge is 2.59. The minimum Gasteiger partial charge on any atom is -0.264 e. The Morgan fingerprint density at radius 3 is 2.18 bits per heavy atom. The SMILES string of the molecule is FC(F)(F)C1(c2cccnn2)CCCc2c1ccc1c2ccc2ccccc21.c1ccc2cnccc2c1. The Morgan fingerprint density at radius 1 is 0.658 bits per heavy atom. The van der Waals surface area contributed by atoms with Gasteiger partial charge in [-0.05, 0) is 80.9 Å². The van der Waals surface area contributed by atoms with Crippen molar-refractivity contribution in [3.63, 3.8) is 0 Å². The molecule has 38 heavy (non-hydrogen) atoms. The first-order valence-electron chi connectivity index (χ1n) is 12.6. The maximum absolute atomic E-state index is 14.5. The fourth-order valence-electron chi connectivity index (χ4n) is 5.75. The van der Waals surface area contributed by atoms with Crippen LogP contribution in [0.15, 0.2) is 110 Å². The van der Waals surface area contributed by atoms with Gasteiger partial charge in [0.25, 0.3) is 0 Å². The van der Waals surface area contributed by atoms with Gasteiger partial charge in [-0.3, -0.25) is 4.98 Å². The second-order valence-electron chi connectivity index (χ2n) is 9.56. The molecule has 0 N–H and O–H groups in total. The van der Waals surface area contributed by atoms with Gasteiger partial charge in [-0.1, -0.05) is 72.8 Å². The van der Waals surface area contributed by atoms with Crippen LogP contribution < -0.4 is 0 Å². The number of aryl methyl sites for hydroxylation is 1. The molecule has 0 radical (unpaired) electrons. The van der Waals surface area contributed by atoms with Crippen LogP contribution in [0.1, 0.15) is 29.7 Å². The zero-order chi connectivity index (χ0) is 26.2. The lowest BCUT2D eigenvalue weighted by Crippen LogP contribution is -2.46. The summed E-state index contributed by atoms with van der Waals surface area (Å²) < 4.78 is 43.6. The molecule has 1 aliphatic rings. The molecule has 6 aromatic rings. The van der Waals surface area contributed by atoms with Crippen LogP contribution >= 0.6 is 0 Å². The molecule has 1 aliphatic carbocycles. The molecule has 4 aromatic carbocycles. The third kappa shape index (κ3) is 3.97. The van der Waals surface area contributed by atoms with Gasteiger partial charge in [0.15, 0.2) is 0 Å². The van der Waals surface area contributed by atoms with Crippen LogP contribution in [-0.4, -0.2) is 21.4 Å². The number of nitrogens with zero attached hydrogens (tertiary/aromatic N) is 3. The van der Waals surface area contributed by atoms with Crippen molar-refractivity contribution in [2.45, 2.75) is 30.9 Å². The number of fused-ring (bicyclic) bond motifs is 6. The Labute approximate surface area is 218 Å². The lowest BCUT2D eigenvalue weighted by molar-refractivity contribution is -0.183. The smallest absolute Gasteiger partial charge is 0.264 e. The quantitative estimate of drug-likeness (QED) is 0.211. The topological polar surface area (TPSA) is 38.7 Å². The second-order valence-corrected chi connectivity index (χ2v) is 9.56. The van der Waals surface area contributed by atoms with E-state index in [1.54, 1.807) is 6.07 Å². The molecule has 0 fully saturated rings. The number of alkyl halides is 3. The molecule has 0 saturated carbocycles. The first-order chi connectivity index (χ1) is 18.5. The maximum Gasteiger partial charge on any atom is 0.403 e. The predicted molar refractivity (Wildman–Crippen MR) is 145 cm³/mol. The van der Waals surface area contributed by atoms with Gasteiger partial charge >= 0.3 is 6.18 Å². The summed E-state index contributed by atoms with van der Waals surface area (Å²) in [7, 11) is 0. The van der Waals surface area contributed by atoms with E-state index in [9.17, 15) is 13.2 Å². The van der Waals surface area contributed by atoms with Gasteiger partial charge in [-0.2, -0.15) is 23.4 Å². The summed E-state index contributed by atoms with van der Waals surface area (Å²) >= 11 is 0. The van der Waals surface area contributed by atoms with Crippen molar-refractivity contribution in [2.75, 3.05) is 0 Å². The minimum absolute atomic E-state index is 0.0126. The molecule has 2 heterocycles. The number of hydrogen-bond donors (Lipinski definition) is 0. The lowest BCUT2D eigenvalue weighted by atomic mass is 9.66. The Kier molecular flexibility index (Phi) is 6.03. The number of rotatable bonds is 1. The van der Waals surface area contributed by atoms with E-state index in [0.717, 1.165) is 27.1 Å². The van der Waals surface area contributed by atoms with E-state index in [1.165, 1.54) is 29.1 Å². The summed E-state index contributed by atoms with van der Waals surface area (Å²) in [5.74, 6) is 0. The molecule has 0 bridgehead atoms. The summed E-state index contributed by atoms with van der Waals surface area (Å²) in [5.41, 5.74) is -1.05. The summed E-state index contributed by atoms with van der Waals surface area (Å²) in [4.78, 5) is 4.01. The Morgan fingerprint density at radius 2 is 1.42 bits per heavy atom. The third-order valence-corrected chi connectivity index (χ3v) is 7.52. The second kappa shape index (κ2) is 9.53. The van der Waals surface area contributed by atoms with Crippen LogP contribution in [0, 0.1) is 0 Å². The van der Waals surface area contributed by atoms with Gasteiger partial charge in [0.1, 0.15) is 5.41 Å². The van der Waals surface area contributed by atoms with Crippen LogP contribution in [0.25, 0.3) is 32.3 Å². The molecular formula is C32H24F3N3. The predicted octanol–water partition coefficient (Wildman–Crippen LogP) is 8.20. The van der Waals surface area contributed by atoms with Gasteiger partial charge in [0.05, 0.1) is 5.69 Å². The highest BCUT2D eigenvalue weighted by atomic mass is 19.4. The molecule has 6 heteroatoms. The zero-order valence-electron chi connectivity index (χ0n) is 20.5. The molecular weight excluding hydrogens is 483 g/mol. The van der Waals surface area contributed by atoms with E-state index in [0.29, 0.717) is 18.4 Å². The van der Waals surface area contributed by atoms with Gasteiger partial charge in [-0.25, -0.2) is 0 Å². The lowest BCUT2D eigenvalue weighted by Gasteiger charge is -2.40. The monoisotopic (exact) mass is 507 g/mol. The molecule has 7 rings (SSSR count). The van der Waals surface area contributed by atoms with Gasteiger partial charge in [0.2, 0.25) is 0 Å². The Bertz CT molecular complexity index is 1680. The van der Waals surface area contributed by atoms with E-state index in [-0.39, 0.29) is 12.1 Å². The minimum atomic E-state index is -4.46. The summed E-state index contributed by atoms with van der Waals surface area (Å²) in [6, 6.07) is 28.6.